The molecule has 1 saturated heterocycles. The summed E-state index contributed by atoms with van der Waals surface area (Å²) in [6.45, 7) is 1.81. The van der Waals surface area contributed by atoms with Crippen LogP contribution in [0.2, 0.25) is 0 Å². The SMILES string of the molecule is Cn1nccc1NC(=O)[C@@]12CCCC[C@H]1CNC2. The van der Waals surface area contributed by atoms with E-state index in [2.05, 4.69) is 15.7 Å². The lowest BCUT2D eigenvalue weighted by atomic mass is 9.67. The summed E-state index contributed by atoms with van der Waals surface area (Å²) in [4.78, 5) is 12.6. The molecule has 5 heteroatoms. The maximum absolute atomic E-state index is 12.6. The minimum atomic E-state index is -0.192. The number of carbonyl (C=O) groups excluding carboxylic acids is 1. The molecule has 2 aliphatic rings. The van der Waals surface area contributed by atoms with E-state index in [9.17, 15) is 4.79 Å². The van der Waals surface area contributed by atoms with Crippen molar-refractivity contribution in [3.63, 3.8) is 0 Å². The Morgan fingerprint density at radius 3 is 3.28 bits per heavy atom. The van der Waals surface area contributed by atoms with Crippen molar-refractivity contribution in [2.45, 2.75) is 25.7 Å². The zero-order chi connectivity index (χ0) is 12.6. The number of hydrogen-bond acceptors (Lipinski definition) is 3. The summed E-state index contributed by atoms with van der Waals surface area (Å²) < 4.78 is 1.70. The number of carbonyl (C=O) groups is 1. The third-order valence-electron chi connectivity index (χ3n) is 4.55. The van der Waals surface area contributed by atoms with Gasteiger partial charge in [-0.25, -0.2) is 0 Å². The van der Waals surface area contributed by atoms with Crippen molar-refractivity contribution in [1.82, 2.24) is 15.1 Å². The quantitative estimate of drug-likeness (QED) is 0.825. The molecule has 3 rings (SSSR count). The number of aromatic nitrogens is 2. The Balaban J connectivity index is 1.80. The van der Waals surface area contributed by atoms with Crippen LogP contribution in [0.25, 0.3) is 0 Å². The average molecular weight is 248 g/mol. The molecule has 0 radical (unpaired) electrons. The Hall–Kier alpha value is -1.36. The fourth-order valence-electron chi connectivity index (χ4n) is 3.43. The summed E-state index contributed by atoms with van der Waals surface area (Å²) in [5, 5.41) is 10.5. The molecule has 5 nitrogen and oxygen atoms in total. The molecule has 1 amide bonds. The summed E-state index contributed by atoms with van der Waals surface area (Å²) in [5.74, 6) is 1.45. The zero-order valence-electron chi connectivity index (χ0n) is 10.8. The molecule has 2 heterocycles. The lowest BCUT2D eigenvalue weighted by molar-refractivity contribution is -0.128. The van der Waals surface area contributed by atoms with Gasteiger partial charge in [0.15, 0.2) is 0 Å². The summed E-state index contributed by atoms with van der Waals surface area (Å²) in [5.41, 5.74) is -0.192. The minimum Gasteiger partial charge on any atom is -0.315 e. The van der Waals surface area contributed by atoms with Crippen LogP contribution >= 0.6 is 0 Å². The summed E-state index contributed by atoms with van der Waals surface area (Å²) in [6, 6.07) is 1.84. The predicted octanol–water partition coefficient (Wildman–Crippen LogP) is 1.14. The summed E-state index contributed by atoms with van der Waals surface area (Å²) in [7, 11) is 1.85. The Morgan fingerprint density at radius 2 is 2.50 bits per heavy atom. The van der Waals surface area contributed by atoms with E-state index in [0.29, 0.717) is 5.92 Å². The number of rotatable bonds is 2. The highest BCUT2D eigenvalue weighted by atomic mass is 16.2. The van der Waals surface area contributed by atoms with Gasteiger partial charge in [0.1, 0.15) is 5.82 Å². The van der Waals surface area contributed by atoms with E-state index in [-0.39, 0.29) is 11.3 Å². The summed E-state index contributed by atoms with van der Waals surface area (Å²) in [6.07, 6.45) is 6.31. The number of amides is 1. The van der Waals surface area contributed by atoms with Gasteiger partial charge in [-0.05, 0) is 25.3 Å². The second-order valence-corrected chi connectivity index (χ2v) is 5.52. The van der Waals surface area contributed by atoms with Gasteiger partial charge in [0.05, 0.1) is 11.6 Å². The van der Waals surface area contributed by atoms with Gasteiger partial charge in [-0.15, -0.1) is 0 Å². The first-order valence-corrected chi connectivity index (χ1v) is 6.72. The van der Waals surface area contributed by atoms with Crippen molar-refractivity contribution >= 4 is 11.7 Å². The first-order valence-electron chi connectivity index (χ1n) is 6.72. The molecule has 98 valence electrons. The Bertz CT molecular complexity index is 456. The van der Waals surface area contributed by atoms with E-state index in [1.54, 1.807) is 10.9 Å². The fourth-order valence-corrected chi connectivity index (χ4v) is 3.43. The Labute approximate surface area is 107 Å². The van der Waals surface area contributed by atoms with Crippen molar-refractivity contribution in [2.24, 2.45) is 18.4 Å². The van der Waals surface area contributed by atoms with Gasteiger partial charge < -0.3 is 10.6 Å². The molecule has 1 aromatic heterocycles. The third-order valence-corrected chi connectivity index (χ3v) is 4.55. The van der Waals surface area contributed by atoms with Gasteiger partial charge in [0.25, 0.3) is 0 Å². The van der Waals surface area contributed by atoms with Crippen LogP contribution in [0.4, 0.5) is 5.82 Å². The Kier molecular flexibility index (Phi) is 2.86. The van der Waals surface area contributed by atoms with Crippen molar-refractivity contribution < 1.29 is 4.79 Å². The molecule has 2 fully saturated rings. The molecule has 0 aromatic carbocycles. The average Bonchev–Trinajstić information content (AvgIpc) is 2.97. The van der Waals surface area contributed by atoms with Gasteiger partial charge in [-0.3, -0.25) is 9.48 Å². The number of anilines is 1. The van der Waals surface area contributed by atoms with Crippen molar-refractivity contribution in [2.75, 3.05) is 18.4 Å². The molecule has 0 unspecified atom stereocenters. The Morgan fingerprint density at radius 1 is 1.61 bits per heavy atom. The second kappa shape index (κ2) is 4.39. The number of hydrogen-bond donors (Lipinski definition) is 2. The van der Waals surface area contributed by atoms with E-state index >= 15 is 0 Å². The molecule has 0 bridgehead atoms. The smallest absolute Gasteiger partial charge is 0.233 e. The van der Waals surface area contributed by atoms with Gasteiger partial charge in [-0.2, -0.15) is 5.10 Å². The molecule has 1 aromatic rings. The third kappa shape index (κ3) is 1.73. The number of nitrogens with one attached hydrogen (secondary N) is 2. The molecule has 2 N–H and O–H groups in total. The van der Waals surface area contributed by atoms with Gasteiger partial charge in [-0.1, -0.05) is 12.8 Å². The monoisotopic (exact) mass is 248 g/mol. The number of fused-ring (bicyclic) bond motifs is 1. The standard InChI is InChI=1S/C13H20N4O/c1-17-11(5-7-15-17)16-12(18)13-6-3-2-4-10(13)8-14-9-13/h5,7,10,14H,2-4,6,8-9H2,1H3,(H,16,18)/t10-,13+/m0/s1. The molecule has 18 heavy (non-hydrogen) atoms. The van der Waals surface area contributed by atoms with Crippen LogP contribution in [0.3, 0.4) is 0 Å². The van der Waals surface area contributed by atoms with Crippen molar-refractivity contribution in [3.8, 4) is 0 Å². The van der Waals surface area contributed by atoms with E-state index in [0.717, 1.165) is 31.7 Å². The lowest BCUT2D eigenvalue weighted by Crippen LogP contribution is -2.44. The van der Waals surface area contributed by atoms with Crippen LogP contribution in [0.1, 0.15) is 25.7 Å². The highest BCUT2D eigenvalue weighted by Gasteiger charge is 2.49. The number of aryl methyl sites for hydroxylation is 1. The molecule has 0 spiro atoms. The van der Waals surface area contributed by atoms with E-state index in [4.69, 9.17) is 0 Å². The van der Waals surface area contributed by atoms with Crippen LogP contribution in [0, 0.1) is 11.3 Å². The maximum Gasteiger partial charge on any atom is 0.233 e. The molecular weight excluding hydrogens is 228 g/mol. The van der Waals surface area contributed by atoms with E-state index in [1.165, 1.54) is 12.8 Å². The maximum atomic E-state index is 12.6. The topological polar surface area (TPSA) is 59.0 Å². The van der Waals surface area contributed by atoms with E-state index in [1.807, 2.05) is 13.1 Å². The highest BCUT2D eigenvalue weighted by Crippen LogP contribution is 2.44. The number of nitrogens with zero attached hydrogens (tertiary/aromatic N) is 2. The van der Waals surface area contributed by atoms with Gasteiger partial charge in [0, 0.05) is 19.7 Å². The second-order valence-electron chi connectivity index (χ2n) is 5.52. The lowest BCUT2D eigenvalue weighted by Gasteiger charge is -2.37. The minimum absolute atomic E-state index is 0.167. The molecule has 1 saturated carbocycles. The van der Waals surface area contributed by atoms with Crippen LogP contribution in [-0.2, 0) is 11.8 Å². The molecule has 1 aliphatic carbocycles. The molecular formula is C13H20N4O. The van der Waals surface area contributed by atoms with Crippen LogP contribution in [-0.4, -0.2) is 28.8 Å². The first kappa shape index (κ1) is 11.7. The van der Waals surface area contributed by atoms with Crippen LogP contribution < -0.4 is 10.6 Å². The van der Waals surface area contributed by atoms with Crippen LogP contribution in [0.5, 0.6) is 0 Å². The van der Waals surface area contributed by atoms with E-state index < -0.39 is 0 Å². The molecule has 1 aliphatic heterocycles. The van der Waals surface area contributed by atoms with Gasteiger partial charge in [0.2, 0.25) is 5.91 Å². The van der Waals surface area contributed by atoms with Gasteiger partial charge >= 0.3 is 0 Å². The summed E-state index contributed by atoms with van der Waals surface area (Å²) >= 11 is 0. The first-order chi connectivity index (χ1) is 8.72. The van der Waals surface area contributed by atoms with Crippen molar-refractivity contribution in [1.29, 1.82) is 0 Å². The molecule has 2 atom stereocenters. The fraction of sp³-hybridized carbons (Fsp3) is 0.692. The predicted molar refractivity (Wildman–Crippen MR) is 69.1 cm³/mol. The largest absolute Gasteiger partial charge is 0.315 e. The van der Waals surface area contributed by atoms with Crippen LogP contribution in [0.15, 0.2) is 12.3 Å². The highest BCUT2D eigenvalue weighted by molar-refractivity contribution is 5.95. The zero-order valence-corrected chi connectivity index (χ0v) is 10.8. The normalized spacial score (nSPS) is 31.1. The van der Waals surface area contributed by atoms with Crippen molar-refractivity contribution in [3.05, 3.63) is 12.3 Å².